The van der Waals surface area contributed by atoms with Crippen molar-refractivity contribution in [2.24, 2.45) is 4.99 Å². The van der Waals surface area contributed by atoms with E-state index in [1.54, 1.807) is 17.0 Å². The first kappa shape index (κ1) is 22.7. The maximum absolute atomic E-state index is 13.3. The van der Waals surface area contributed by atoms with E-state index in [2.05, 4.69) is 10.3 Å². The van der Waals surface area contributed by atoms with Crippen molar-refractivity contribution in [3.63, 3.8) is 0 Å². The van der Waals surface area contributed by atoms with Gasteiger partial charge < -0.3 is 5.32 Å². The number of amidine groups is 1. The molecule has 4 rings (SSSR count). The lowest BCUT2D eigenvalue weighted by Crippen LogP contribution is -2.46. The number of aliphatic imine (C=N–C) groups is 1. The minimum absolute atomic E-state index is 0.0944. The van der Waals surface area contributed by atoms with Crippen LogP contribution in [0.1, 0.15) is 17.5 Å². The molecule has 1 aliphatic rings. The van der Waals surface area contributed by atoms with Gasteiger partial charge in [-0.15, -0.1) is 0 Å². The summed E-state index contributed by atoms with van der Waals surface area (Å²) in [5.41, 5.74) is 2.62. The summed E-state index contributed by atoms with van der Waals surface area (Å²) in [4.78, 5) is 32.1. The Balaban J connectivity index is 1.49. The molecule has 3 aromatic rings. The van der Waals surface area contributed by atoms with Gasteiger partial charge in [0, 0.05) is 13.0 Å². The maximum atomic E-state index is 13.3. The van der Waals surface area contributed by atoms with Gasteiger partial charge in [-0.1, -0.05) is 72.4 Å². The molecule has 0 aromatic heterocycles. The minimum atomic E-state index is -0.570. The highest BCUT2D eigenvalue weighted by molar-refractivity contribution is 8.15. The number of carbonyl (C=O) groups is 2. The van der Waals surface area contributed by atoms with Gasteiger partial charge in [0.05, 0.1) is 17.5 Å². The van der Waals surface area contributed by atoms with E-state index in [9.17, 15) is 14.0 Å². The molecule has 0 radical (unpaired) electrons. The summed E-state index contributed by atoms with van der Waals surface area (Å²) >= 11 is 1.27. The average molecular weight is 462 g/mol. The van der Waals surface area contributed by atoms with Crippen molar-refractivity contribution >= 4 is 34.4 Å². The van der Waals surface area contributed by atoms with Crippen molar-refractivity contribution in [1.29, 1.82) is 0 Å². The van der Waals surface area contributed by atoms with E-state index < -0.39 is 5.25 Å². The molecule has 7 heteroatoms. The summed E-state index contributed by atoms with van der Waals surface area (Å²) in [6.45, 7) is 0.849. The molecule has 168 valence electrons. The fourth-order valence-electron chi connectivity index (χ4n) is 3.48. The molecular weight excluding hydrogens is 437 g/mol. The smallest absolute Gasteiger partial charge is 0.234 e. The van der Waals surface area contributed by atoms with Crippen molar-refractivity contribution in [3.05, 3.63) is 102 Å². The number of benzene rings is 3. The van der Waals surface area contributed by atoms with Gasteiger partial charge >= 0.3 is 0 Å². The quantitative estimate of drug-likeness (QED) is 0.555. The molecule has 5 nitrogen and oxygen atoms in total. The molecule has 33 heavy (non-hydrogen) atoms. The number of rotatable bonds is 7. The Morgan fingerprint density at radius 1 is 0.970 bits per heavy atom. The lowest BCUT2D eigenvalue weighted by atomic mass is 10.1. The molecule has 0 spiro atoms. The van der Waals surface area contributed by atoms with E-state index in [1.807, 2.05) is 60.7 Å². The summed E-state index contributed by atoms with van der Waals surface area (Å²) in [5, 5.41) is 2.81. The van der Waals surface area contributed by atoms with E-state index in [-0.39, 0.29) is 24.1 Å². The predicted octanol–water partition coefficient (Wildman–Crippen LogP) is 4.71. The highest BCUT2D eigenvalue weighted by atomic mass is 32.2. The molecule has 2 amide bonds. The van der Waals surface area contributed by atoms with Crippen LogP contribution in [0.2, 0.25) is 0 Å². The van der Waals surface area contributed by atoms with Crippen molar-refractivity contribution in [1.82, 2.24) is 10.2 Å². The van der Waals surface area contributed by atoms with Gasteiger partial charge in [0.2, 0.25) is 11.8 Å². The van der Waals surface area contributed by atoms with Crippen LogP contribution in [-0.4, -0.2) is 33.7 Å². The van der Waals surface area contributed by atoms with Crippen LogP contribution >= 0.6 is 11.8 Å². The standard InChI is InChI=1S/C26H24FN3O2S/c27-21-11-13-22(14-12-21)29-26-30(18-20-9-5-2-6-10-20)24(31)17-23(33-26)25(32)28-16-15-19-7-3-1-4-8-19/h1-14,23H,15-18H2,(H,28,32)/t23-/m1/s1. The van der Waals surface area contributed by atoms with Crippen LogP contribution in [0.25, 0.3) is 0 Å². The first-order valence-electron chi connectivity index (χ1n) is 10.8. The van der Waals surface area contributed by atoms with Crippen LogP contribution in [0.5, 0.6) is 0 Å². The fraction of sp³-hybridized carbons (Fsp3) is 0.192. The molecule has 1 heterocycles. The number of thioether (sulfide) groups is 1. The number of hydrogen-bond acceptors (Lipinski definition) is 4. The normalized spacial score (nSPS) is 17.2. The topological polar surface area (TPSA) is 61.8 Å². The number of nitrogens with zero attached hydrogens (tertiary/aromatic N) is 2. The van der Waals surface area contributed by atoms with Crippen LogP contribution in [0, 0.1) is 5.82 Å². The summed E-state index contributed by atoms with van der Waals surface area (Å²) in [6, 6.07) is 25.3. The van der Waals surface area contributed by atoms with E-state index in [4.69, 9.17) is 0 Å². The fourth-order valence-corrected chi connectivity index (χ4v) is 4.60. The van der Waals surface area contributed by atoms with Gasteiger partial charge in [-0.25, -0.2) is 9.38 Å². The van der Waals surface area contributed by atoms with Crippen molar-refractivity contribution in [2.45, 2.75) is 24.6 Å². The zero-order valence-electron chi connectivity index (χ0n) is 18.0. The van der Waals surface area contributed by atoms with E-state index >= 15 is 0 Å². The van der Waals surface area contributed by atoms with Crippen LogP contribution < -0.4 is 5.32 Å². The monoisotopic (exact) mass is 461 g/mol. The molecule has 0 saturated carbocycles. The average Bonchev–Trinajstić information content (AvgIpc) is 2.84. The molecule has 0 bridgehead atoms. The second kappa shape index (κ2) is 10.9. The predicted molar refractivity (Wildman–Crippen MR) is 130 cm³/mol. The summed E-state index contributed by atoms with van der Waals surface area (Å²) in [6.07, 6.45) is 0.811. The van der Waals surface area contributed by atoms with Crippen LogP contribution in [-0.2, 0) is 22.6 Å². The van der Waals surface area contributed by atoms with Crippen LogP contribution in [0.4, 0.5) is 10.1 Å². The maximum Gasteiger partial charge on any atom is 0.234 e. The Morgan fingerprint density at radius 2 is 1.61 bits per heavy atom. The summed E-state index contributed by atoms with van der Waals surface area (Å²) in [7, 11) is 0. The largest absolute Gasteiger partial charge is 0.355 e. The SMILES string of the molecule is O=C(NCCc1ccccc1)[C@H]1CC(=O)N(Cc2ccccc2)C(=Nc2ccc(F)cc2)S1. The van der Waals surface area contributed by atoms with Crippen molar-refractivity contribution in [2.75, 3.05) is 6.54 Å². The highest BCUT2D eigenvalue weighted by Gasteiger charge is 2.35. The summed E-state index contributed by atoms with van der Waals surface area (Å²) in [5.74, 6) is -0.708. The number of halogens is 1. The Kier molecular flexibility index (Phi) is 7.52. The van der Waals surface area contributed by atoms with E-state index in [1.165, 1.54) is 23.9 Å². The third kappa shape index (κ3) is 6.29. The Morgan fingerprint density at radius 3 is 2.27 bits per heavy atom. The Bertz CT molecular complexity index is 1120. The zero-order valence-corrected chi connectivity index (χ0v) is 18.8. The molecule has 3 aromatic carbocycles. The second-order valence-electron chi connectivity index (χ2n) is 7.67. The molecule has 1 aliphatic heterocycles. The van der Waals surface area contributed by atoms with Gasteiger partial charge in [-0.05, 0) is 41.8 Å². The summed E-state index contributed by atoms with van der Waals surface area (Å²) < 4.78 is 13.3. The number of carbonyl (C=O) groups excluding carboxylic acids is 2. The van der Waals surface area contributed by atoms with Crippen molar-refractivity contribution in [3.8, 4) is 0 Å². The van der Waals surface area contributed by atoms with Gasteiger partial charge in [0.25, 0.3) is 0 Å². The van der Waals surface area contributed by atoms with Gasteiger partial charge in [-0.2, -0.15) is 0 Å². The third-order valence-corrected chi connectivity index (χ3v) is 6.41. The Labute approximate surface area is 196 Å². The molecule has 1 atom stereocenters. The first-order valence-corrected chi connectivity index (χ1v) is 11.6. The molecule has 1 N–H and O–H groups in total. The van der Waals surface area contributed by atoms with Crippen LogP contribution in [0.15, 0.2) is 89.9 Å². The second-order valence-corrected chi connectivity index (χ2v) is 8.84. The lowest BCUT2D eigenvalue weighted by Gasteiger charge is -2.32. The molecular formula is C26H24FN3O2S. The molecule has 1 saturated heterocycles. The van der Waals surface area contributed by atoms with E-state index in [0.717, 1.165) is 11.1 Å². The molecule has 0 aliphatic carbocycles. The van der Waals surface area contributed by atoms with Gasteiger partial charge in [0.1, 0.15) is 5.82 Å². The molecule has 1 fully saturated rings. The van der Waals surface area contributed by atoms with E-state index in [0.29, 0.717) is 30.4 Å². The first-order chi connectivity index (χ1) is 16.1. The number of amides is 2. The highest BCUT2D eigenvalue weighted by Crippen LogP contribution is 2.30. The zero-order chi connectivity index (χ0) is 23.0. The number of nitrogens with one attached hydrogen (secondary N) is 1. The van der Waals surface area contributed by atoms with Gasteiger partial charge in [0.15, 0.2) is 5.17 Å². The van der Waals surface area contributed by atoms with Crippen molar-refractivity contribution < 1.29 is 14.0 Å². The Hall–Kier alpha value is -3.45. The van der Waals surface area contributed by atoms with Crippen LogP contribution in [0.3, 0.4) is 0 Å². The lowest BCUT2D eigenvalue weighted by molar-refractivity contribution is -0.130. The third-order valence-electron chi connectivity index (χ3n) is 5.22. The minimum Gasteiger partial charge on any atom is -0.355 e. The molecule has 0 unspecified atom stereocenters. The van der Waals surface area contributed by atoms with Gasteiger partial charge in [-0.3, -0.25) is 14.5 Å². The number of hydrogen-bond donors (Lipinski definition) is 1.